The molecule has 2 aliphatic carbocycles. The fraction of sp³-hybridized carbons (Fsp3) is 0.650. The third-order valence-corrected chi connectivity index (χ3v) is 6.81. The van der Waals surface area contributed by atoms with E-state index in [1.54, 1.807) is 6.26 Å². The van der Waals surface area contributed by atoms with Crippen LogP contribution in [-0.2, 0) is 11.2 Å². The van der Waals surface area contributed by atoms with Gasteiger partial charge < -0.3 is 9.52 Å². The van der Waals surface area contributed by atoms with E-state index in [9.17, 15) is 9.90 Å². The molecule has 0 radical (unpaired) electrons. The SMILES string of the molecule is C=C1CC[C@@H]2[C@](C)(CCC[C@]2(C)C(=O)O)[C@H]1CCc1ccoc1. The van der Waals surface area contributed by atoms with Crippen LogP contribution in [-0.4, -0.2) is 11.1 Å². The molecule has 1 heterocycles. The van der Waals surface area contributed by atoms with Gasteiger partial charge >= 0.3 is 5.97 Å². The van der Waals surface area contributed by atoms with E-state index in [1.165, 1.54) is 11.1 Å². The van der Waals surface area contributed by atoms with Crippen molar-refractivity contribution >= 4 is 5.97 Å². The van der Waals surface area contributed by atoms with E-state index >= 15 is 0 Å². The number of aryl methyl sites for hydroxylation is 1. The molecule has 0 spiro atoms. The summed E-state index contributed by atoms with van der Waals surface area (Å²) in [6.07, 6.45) is 10.4. The van der Waals surface area contributed by atoms with Gasteiger partial charge in [0, 0.05) is 0 Å². The predicted molar refractivity (Wildman–Crippen MR) is 90.1 cm³/mol. The van der Waals surface area contributed by atoms with Crippen molar-refractivity contribution in [1.82, 2.24) is 0 Å². The van der Waals surface area contributed by atoms with Crippen LogP contribution in [0.5, 0.6) is 0 Å². The van der Waals surface area contributed by atoms with Crippen molar-refractivity contribution in [3.05, 3.63) is 36.3 Å². The Morgan fingerprint density at radius 3 is 2.87 bits per heavy atom. The first-order valence-corrected chi connectivity index (χ1v) is 8.80. The van der Waals surface area contributed by atoms with Crippen LogP contribution < -0.4 is 0 Å². The maximum Gasteiger partial charge on any atom is 0.309 e. The van der Waals surface area contributed by atoms with E-state index in [2.05, 4.69) is 13.5 Å². The summed E-state index contributed by atoms with van der Waals surface area (Å²) in [6, 6.07) is 2.02. The average Bonchev–Trinajstić information content (AvgIpc) is 2.99. The fourth-order valence-corrected chi connectivity index (χ4v) is 5.48. The number of aliphatic carboxylic acids is 1. The second kappa shape index (κ2) is 5.85. The number of carboxylic acids is 1. The average molecular weight is 316 g/mol. The molecular weight excluding hydrogens is 288 g/mol. The summed E-state index contributed by atoms with van der Waals surface area (Å²) in [5.41, 5.74) is 2.02. The summed E-state index contributed by atoms with van der Waals surface area (Å²) in [5.74, 6) is 0.0470. The van der Waals surface area contributed by atoms with Gasteiger partial charge in [-0.25, -0.2) is 0 Å². The van der Waals surface area contributed by atoms with Crippen LogP contribution in [0.4, 0.5) is 0 Å². The number of hydrogen-bond acceptors (Lipinski definition) is 2. The maximum absolute atomic E-state index is 12.0. The minimum Gasteiger partial charge on any atom is -0.481 e. The molecule has 3 nitrogen and oxygen atoms in total. The molecule has 3 heteroatoms. The van der Waals surface area contributed by atoms with Gasteiger partial charge in [0.15, 0.2) is 0 Å². The number of rotatable bonds is 4. The highest BCUT2D eigenvalue weighted by Gasteiger charge is 2.57. The lowest BCUT2D eigenvalue weighted by Crippen LogP contribution is -2.53. The Labute approximate surface area is 138 Å². The summed E-state index contributed by atoms with van der Waals surface area (Å²) in [4.78, 5) is 12.0. The molecule has 4 atom stereocenters. The molecule has 1 N–H and O–H groups in total. The second-order valence-corrected chi connectivity index (χ2v) is 8.05. The molecule has 0 unspecified atom stereocenters. The lowest BCUT2D eigenvalue weighted by molar-refractivity contribution is -0.164. The molecule has 0 aliphatic heterocycles. The van der Waals surface area contributed by atoms with E-state index in [-0.39, 0.29) is 11.3 Å². The standard InChI is InChI=1S/C20H28O3/c1-14-5-8-17-19(2,10-4-11-20(17,3)18(21)22)16(14)7-6-15-9-12-23-13-15/h9,12-13,16-17H,1,4-8,10-11H2,2-3H3,(H,21,22)/t16-,17+,19+,20-/m0/s1. The largest absolute Gasteiger partial charge is 0.481 e. The van der Waals surface area contributed by atoms with Crippen LogP contribution in [0.1, 0.15) is 57.9 Å². The van der Waals surface area contributed by atoms with Crippen molar-refractivity contribution in [3.63, 3.8) is 0 Å². The summed E-state index contributed by atoms with van der Waals surface area (Å²) in [5, 5.41) is 9.85. The van der Waals surface area contributed by atoms with Gasteiger partial charge in [-0.05, 0) is 74.3 Å². The number of fused-ring (bicyclic) bond motifs is 1. The molecule has 2 aliphatic rings. The van der Waals surface area contributed by atoms with Crippen LogP contribution in [0.2, 0.25) is 0 Å². The van der Waals surface area contributed by atoms with Gasteiger partial charge in [-0.3, -0.25) is 4.79 Å². The molecule has 0 amide bonds. The lowest BCUT2D eigenvalue weighted by atomic mass is 9.46. The summed E-state index contributed by atoms with van der Waals surface area (Å²) < 4.78 is 5.18. The number of carboxylic acid groups (broad SMARTS) is 1. The molecule has 2 fully saturated rings. The molecule has 0 bridgehead atoms. The van der Waals surface area contributed by atoms with Crippen LogP contribution in [0.25, 0.3) is 0 Å². The Morgan fingerprint density at radius 1 is 1.43 bits per heavy atom. The predicted octanol–water partition coefficient (Wildman–Crippen LogP) is 5.08. The maximum atomic E-state index is 12.0. The quantitative estimate of drug-likeness (QED) is 0.788. The first-order valence-electron chi connectivity index (χ1n) is 8.80. The zero-order chi connectivity index (χ0) is 16.7. The molecular formula is C20H28O3. The minimum absolute atomic E-state index is 0.0600. The number of allylic oxidation sites excluding steroid dienone is 1. The normalized spacial score (nSPS) is 37.4. The highest BCUT2D eigenvalue weighted by atomic mass is 16.4. The van der Waals surface area contributed by atoms with Crippen molar-refractivity contribution in [1.29, 1.82) is 0 Å². The summed E-state index contributed by atoms with van der Waals surface area (Å²) in [7, 11) is 0. The molecule has 0 aromatic carbocycles. The number of furan rings is 1. The molecule has 0 saturated heterocycles. The lowest BCUT2D eigenvalue weighted by Gasteiger charge is -2.57. The highest BCUT2D eigenvalue weighted by molar-refractivity contribution is 5.75. The Kier molecular flexibility index (Phi) is 4.16. The zero-order valence-electron chi connectivity index (χ0n) is 14.3. The van der Waals surface area contributed by atoms with Gasteiger partial charge in [0.05, 0.1) is 17.9 Å². The van der Waals surface area contributed by atoms with Crippen molar-refractivity contribution < 1.29 is 14.3 Å². The summed E-state index contributed by atoms with van der Waals surface area (Å²) in [6.45, 7) is 8.65. The molecule has 1 aromatic rings. The van der Waals surface area contributed by atoms with Crippen LogP contribution in [0.3, 0.4) is 0 Å². The Hall–Kier alpha value is -1.51. The van der Waals surface area contributed by atoms with Gasteiger partial charge in [0.25, 0.3) is 0 Å². The van der Waals surface area contributed by atoms with Crippen molar-refractivity contribution in [2.24, 2.45) is 22.7 Å². The Bertz CT molecular complexity index is 588. The van der Waals surface area contributed by atoms with Crippen LogP contribution >= 0.6 is 0 Å². The molecule has 23 heavy (non-hydrogen) atoms. The van der Waals surface area contributed by atoms with E-state index in [0.29, 0.717) is 5.92 Å². The zero-order valence-corrected chi connectivity index (χ0v) is 14.3. The number of hydrogen-bond donors (Lipinski definition) is 1. The van der Waals surface area contributed by atoms with Gasteiger partial charge in [0.1, 0.15) is 0 Å². The molecule has 1 aromatic heterocycles. The molecule has 3 rings (SSSR count). The second-order valence-electron chi connectivity index (χ2n) is 8.05. The molecule has 2 saturated carbocycles. The van der Waals surface area contributed by atoms with Gasteiger partial charge in [0.2, 0.25) is 0 Å². The van der Waals surface area contributed by atoms with Crippen LogP contribution in [0, 0.1) is 22.7 Å². The first-order chi connectivity index (χ1) is 10.9. The van der Waals surface area contributed by atoms with E-state index in [4.69, 9.17) is 4.42 Å². The fourth-order valence-electron chi connectivity index (χ4n) is 5.48. The highest BCUT2D eigenvalue weighted by Crippen LogP contribution is 2.61. The van der Waals surface area contributed by atoms with E-state index in [0.717, 1.165) is 44.9 Å². The first kappa shape index (κ1) is 16.4. The Balaban J connectivity index is 1.86. The minimum atomic E-state index is -0.616. The molecule has 126 valence electrons. The van der Waals surface area contributed by atoms with Gasteiger partial charge in [-0.2, -0.15) is 0 Å². The van der Waals surface area contributed by atoms with Crippen molar-refractivity contribution in [2.75, 3.05) is 0 Å². The van der Waals surface area contributed by atoms with E-state index < -0.39 is 11.4 Å². The van der Waals surface area contributed by atoms with Gasteiger partial charge in [-0.15, -0.1) is 0 Å². The topological polar surface area (TPSA) is 50.4 Å². The number of carbonyl (C=O) groups is 1. The van der Waals surface area contributed by atoms with Gasteiger partial charge in [-0.1, -0.05) is 25.5 Å². The monoisotopic (exact) mass is 316 g/mol. The third kappa shape index (κ3) is 2.64. The van der Waals surface area contributed by atoms with E-state index in [1.807, 2.05) is 19.3 Å². The van der Waals surface area contributed by atoms with Crippen molar-refractivity contribution in [2.45, 2.75) is 58.8 Å². The van der Waals surface area contributed by atoms with Crippen LogP contribution in [0.15, 0.2) is 35.2 Å². The smallest absolute Gasteiger partial charge is 0.309 e. The van der Waals surface area contributed by atoms with Crippen molar-refractivity contribution in [3.8, 4) is 0 Å². The Morgan fingerprint density at radius 2 is 2.22 bits per heavy atom. The third-order valence-electron chi connectivity index (χ3n) is 6.81. The summed E-state index contributed by atoms with van der Waals surface area (Å²) >= 11 is 0.